The Labute approximate surface area is 154 Å². The normalized spacial score (nSPS) is 14.1. The highest BCUT2D eigenvalue weighted by Gasteiger charge is 2.11. The van der Waals surface area contributed by atoms with Crippen LogP contribution in [0.5, 0.6) is 5.75 Å². The molecule has 0 radical (unpaired) electrons. The highest BCUT2D eigenvalue weighted by molar-refractivity contribution is 5.96. The van der Waals surface area contributed by atoms with Crippen LogP contribution in [0.15, 0.2) is 48.5 Å². The summed E-state index contributed by atoms with van der Waals surface area (Å²) in [6.45, 7) is 4.14. The molecule has 2 aromatic rings. The summed E-state index contributed by atoms with van der Waals surface area (Å²) in [6, 6.07) is 16.0. The summed E-state index contributed by atoms with van der Waals surface area (Å²) in [7, 11) is 1.58. The predicted octanol–water partition coefficient (Wildman–Crippen LogP) is 2.89. The third-order valence-electron chi connectivity index (χ3n) is 4.59. The minimum Gasteiger partial charge on any atom is -0.496 e. The van der Waals surface area contributed by atoms with Crippen LogP contribution in [0.1, 0.15) is 22.3 Å². The van der Waals surface area contributed by atoms with Gasteiger partial charge in [-0.15, -0.1) is 0 Å². The van der Waals surface area contributed by atoms with E-state index in [1.165, 1.54) is 11.3 Å². The van der Waals surface area contributed by atoms with Gasteiger partial charge in [-0.05, 0) is 42.7 Å². The number of rotatable bonds is 7. The van der Waals surface area contributed by atoms with E-state index in [1.54, 1.807) is 19.2 Å². The quantitative estimate of drug-likeness (QED) is 0.777. The fourth-order valence-electron chi connectivity index (χ4n) is 3.12. The van der Waals surface area contributed by atoms with E-state index in [0.29, 0.717) is 17.9 Å². The van der Waals surface area contributed by atoms with Gasteiger partial charge in [-0.3, -0.25) is 4.79 Å². The van der Waals surface area contributed by atoms with Crippen LogP contribution in [0.3, 0.4) is 0 Å². The van der Waals surface area contributed by atoms with E-state index in [1.807, 2.05) is 12.1 Å². The van der Waals surface area contributed by atoms with Crippen molar-refractivity contribution in [2.24, 2.45) is 0 Å². The highest BCUT2D eigenvalue weighted by Crippen LogP contribution is 2.18. The lowest BCUT2D eigenvalue weighted by Crippen LogP contribution is -2.36. The van der Waals surface area contributed by atoms with Crippen molar-refractivity contribution in [3.8, 4) is 5.75 Å². The number of carbonyl (C=O) groups is 1. The fraction of sp³-hybridized carbons (Fsp3) is 0.381. The van der Waals surface area contributed by atoms with E-state index in [2.05, 4.69) is 34.5 Å². The summed E-state index contributed by atoms with van der Waals surface area (Å²) in [6.07, 6.45) is 1.84. The monoisotopic (exact) mass is 354 g/mol. The van der Waals surface area contributed by atoms with Crippen LogP contribution >= 0.6 is 0 Å². The lowest BCUT2D eigenvalue weighted by molar-refractivity contribution is 0.0950. The summed E-state index contributed by atoms with van der Waals surface area (Å²) in [5, 5.41) is 2.97. The minimum atomic E-state index is -0.0925. The summed E-state index contributed by atoms with van der Waals surface area (Å²) >= 11 is 0. The number of aryl methyl sites for hydroxylation is 1. The first-order valence-electron chi connectivity index (χ1n) is 9.11. The van der Waals surface area contributed by atoms with Crippen molar-refractivity contribution in [3.63, 3.8) is 0 Å². The second-order valence-corrected chi connectivity index (χ2v) is 6.33. The molecule has 1 saturated heterocycles. The fourth-order valence-corrected chi connectivity index (χ4v) is 3.12. The molecule has 0 saturated carbocycles. The number of anilines is 1. The summed E-state index contributed by atoms with van der Waals surface area (Å²) < 4.78 is 10.6. The molecule has 0 atom stereocenters. The lowest BCUT2D eigenvalue weighted by Gasteiger charge is -2.28. The molecule has 1 aliphatic heterocycles. The van der Waals surface area contributed by atoms with Crippen LogP contribution in [0.2, 0.25) is 0 Å². The molecule has 1 amide bonds. The molecule has 0 bridgehead atoms. The van der Waals surface area contributed by atoms with Gasteiger partial charge in [0.2, 0.25) is 0 Å². The molecule has 0 spiro atoms. The number of methoxy groups -OCH3 is 1. The number of morpholine rings is 1. The summed E-state index contributed by atoms with van der Waals surface area (Å²) in [5.41, 5.74) is 3.11. The van der Waals surface area contributed by atoms with Gasteiger partial charge >= 0.3 is 0 Å². The zero-order chi connectivity index (χ0) is 18.2. The second-order valence-electron chi connectivity index (χ2n) is 6.33. The Morgan fingerprint density at radius 3 is 2.58 bits per heavy atom. The summed E-state index contributed by atoms with van der Waals surface area (Å²) in [5.74, 6) is 0.508. The van der Waals surface area contributed by atoms with Gasteiger partial charge in [0.25, 0.3) is 5.91 Å². The Balaban J connectivity index is 1.44. The smallest absolute Gasteiger partial charge is 0.255 e. The Morgan fingerprint density at radius 1 is 1.12 bits per heavy atom. The van der Waals surface area contributed by atoms with Crippen LogP contribution in [0.4, 0.5) is 5.69 Å². The van der Waals surface area contributed by atoms with Gasteiger partial charge in [0.1, 0.15) is 5.75 Å². The zero-order valence-corrected chi connectivity index (χ0v) is 15.2. The van der Waals surface area contributed by atoms with E-state index in [9.17, 15) is 4.79 Å². The van der Waals surface area contributed by atoms with Gasteiger partial charge < -0.3 is 19.7 Å². The third kappa shape index (κ3) is 4.76. The van der Waals surface area contributed by atoms with Crippen molar-refractivity contribution in [2.45, 2.75) is 12.8 Å². The van der Waals surface area contributed by atoms with Crippen molar-refractivity contribution >= 4 is 11.6 Å². The maximum atomic E-state index is 12.2. The van der Waals surface area contributed by atoms with E-state index in [-0.39, 0.29) is 5.91 Å². The molecule has 1 fully saturated rings. The molecule has 1 aliphatic rings. The van der Waals surface area contributed by atoms with Crippen molar-refractivity contribution in [1.29, 1.82) is 0 Å². The number of nitrogens with one attached hydrogen (secondary N) is 1. The highest BCUT2D eigenvalue weighted by atomic mass is 16.5. The second kappa shape index (κ2) is 9.25. The molecule has 1 N–H and O–H groups in total. The third-order valence-corrected chi connectivity index (χ3v) is 4.59. The number of ether oxygens (including phenoxy) is 2. The molecular weight excluding hydrogens is 328 g/mol. The molecule has 3 rings (SSSR count). The topological polar surface area (TPSA) is 50.8 Å². The molecule has 26 heavy (non-hydrogen) atoms. The van der Waals surface area contributed by atoms with Gasteiger partial charge in [-0.1, -0.05) is 24.3 Å². The maximum Gasteiger partial charge on any atom is 0.255 e. The van der Waals surface area contributed by atoms with E-state index >= 15 is 0 Å². The largest absolute Gasteiger partial charge is 0.496 e. The van der Waals surface area contributed by atoms with E-state index in [4.69, 9.17) is 9.47 Å². The van der Waals surface area contributed by atoms with Crippen LogP contribution in [0.25, 0.3) is 0 Å². The number of hydrogen-bond donors (Lipinski definition) is 1. The average Bonchev–Trinajstić information content (AvgIpc) is 2.72. The number of benzene rings is 2. The maximum absolute atomic E-state index is 12.2. The Kier molecular flexibility index (Phi) is 6.50. The molecule has 5 heteroatoms. The Hall–Kier alpha value is -2.53. The standard InChI is InChI=1S/C21H26N2O3/c1-25-20-7-3-2-6-19(20)21(24)22-12-4-5-17-8-10-18(11-9-17)23-13-15-26-16-14-23/h2-3,6-11H,4-5,12-16H2,1H3,(H,22,24). The SMILES string of the molecule is COc1ccccc1C(=O)NCCCc1ccc(N2CCOCC2)cc1. The van der Waals surface area contributed by atoms with Gasteiger partial charge in [-0.25, -0.2) is 0 Å². The first-order valence-corrected chi connectivity index (χ1v) is 9.11. The first-order chi connectivity index (χ1) is 12.8. The van der Waals surface area contributed by atoms with Gasteiger partial charge in [0.05, 0.1) is 25.9 Å². The van der Waals surface area contributed by atoms with E-state index in [0.717, 1.165) is 39.1 Å². The molecule has 138 valence electrons. The van der Waals surface area contributed by atoms with Crippen molar-refractivity contribution in [2.75, 3.05) is 44.9 Å². The predicted molar refractivity (Wildman–Crippen MR) is 103 cm³/mol. The molecule has 2 aromatic carbocycles. The number of amides is 1. The lowest BCUT2D eigenvalue weighted by atomic mass is 10.1. The van der Waals surface area contributed by atoms with Crippen LogP contribution in [0, 0.1) is 0 Å². The van der Waals surface area contributed by atoms with Gasteiger partial charge in [-0.2, -0.15) is 0 Å². The average molecular weight is 354 g/mol. The van der Waals surface area contributed by atoms with Crippen molar-refractivity contribution < 1.29 is 14.3 Å². The number of hydrogen-bond acceptors (Lipinski definition) is 4. The number of nitrogens with zero attached hydrogens (tertiary/aromatic N) is 1. The molecule has 0 aromatic heterocycles. The molecule has 1 heterocycles. The Bertz CT molecular complexity index is 709. The molecule has 0 aliphatic carbocycles. The molecule has 5 nitrogen and oxygen atoms in total. The van der Waals surface area contributed by atoms with Gasteiger partial charge in [0.15, 0.2) is 0 Å². The zero-order valence-electron chi connectivity index (χ0n) is 15.2. The molecule has 0 unspecified atom stereocenters. The van der Waals surface area contributed by atoms with Crippen LogP contribution in [-0.4, -0.2) is 45.9 Å². The van der Waals surface area contributed by atoms with Crippen molar-refractivity contribution in [3.05, 3.63) is 59.7 Å². The Morgan fingerprint density at radius 2 is 1.85 bits per heavy atom. The molecular formula is C21H26N2O3. The minimum absolute atomic E-state index is 0.0925. The van der Waals surface area contributed by atoms with Crippen LogP contribution < -0.4 is 15.0 Å². The first kappa shape index (κ1) is 18.3. The van der Waals surface area contributed by atoms with E-state index < -0.39 is 0 Å². The number of carbonyl (C=O) groups excluding carboxylic acids is 1. The number of para-hydroxylation sites is 1. The van der Waals surface area contributed by atoms with Gasteiger partial charge in [0, 0.05) is 25.3 Å². The van der Waals surface area contributed by atoms with Crippen LogP contribution in [-0.2, 0) is 11.2 Å². The summed E-state index contributed by atoms with van der Waals surface area (Å²) in [4.78, 5) is 14.6. The van der Waals surface area contributed by atoms with Crippen molar-refractivity contribution in [1.82, 2.24) is 5.32 Å².